The summed E-state index contributed by atoms with van der Waals surface area (Å²) in [7, 11) is 0. The molecule has 5 rings (SSSR count). The maximum Gasteiger partial charge on any atom is 0.341 e. The van der Waals surface area contributed by atoms with Crippen LogP contribution in [-0.2, 0) is 0 Å². The molecule has 2 fully saturated rings. The minimum Gasteiger partial charge on any atom is -0.477 e. The van der Waals surface area contributed by atoms with Crippen molar-refractivity contribution in [3.8, 4) is 0 Å². The minimum atomic E-state index is -1.46. The normalized spacial score (nSPS) is 29.5. The van der Waals surface area contributed by atoms with E-state index in [2.05, 4.69) is 0 Å². The first-order chi connectivity index (χ1) is 14.2. The average Bonchev–Trinajstić information content (AvgIpc) is 3.29. The smallest absolute Gasteiger partial charge is 0.341 e. The molecule has 1 aromatic heterocycles. The summed E-state index contributed by atoms with van der Waals surface area (Å²) in [5.41, 5.74) is 4.62. The number of alkyl halides is 1. The number of nitrogens with two attached hydrogens (primary N) is 1. The Morgan fingerprint density at radius 1 is 1.37 bits per heavy atom. The van der Waals surface area contributed by atoms with E-state index in [4.69, 9.17) is 17.3 Å². The highest BCUT2D eigenvalue weighted by molar-refractivity contribution is 6.38. The van der Waals surface area contributed by atoms with E-state index in [1.54, 1.807) is 4.90 Å². The molecule has 3 aliphatic rings. The number of carboxylic acids is 1. The molecule has 1 saturated carbocycles. The molecular formula is C21H18ClF2N3O3. The van der Waals surface area contributed by atoms with Gasteiger partial charge in [0.2, 0.25) is 5.43 Å². The molecule has 2 aromatic rings. The summed E-state index contributed by atoms with van der Waals surface area (Å²) in [6.45, 7) is 0.735. The van der Waals surface area contributed by atoms with Crippen LogP contribution in [0.1, 0.15) is 22.8 Å². The monoisotopic (exact) mass is 433 g/mol. The van der Waals surface area contributed by atoms with Gasteiger partial charge in [-0.2, -0.15) is 0 Å². The van der Waals surface area contributed by atoms with Crippen molar-refractivity contribution >= 4 is 34.2 Å². The van der Waals surface area contributed by atoms with Gasteiger partial charge < -0.3 is 20.3 Å². The van der Waals surface area contributed by atoms with Crippen LogP contribution in [0.15, 0.2) is 41.4 Å². The Kier molecular flexibility index (Phi) is 4.10. The van der Waals surface area contributed by atoms with Crippen LogP contribution >= 0.6 is 11.6 Å². The highest BCUT2D eigenvalue weighted by Gasteiger charge is 2.44. The van der Waals surface area contributed by atoms with Crippen LogP contribution in [-0.4, -0.2) is 40.4 Å². The molecule has 2 heterocycles. The molecule has 2 aliphatic carbocycles. The van der Waals surface area contributed by atoms with Crippen LogP contribution in [0.4, 0.5) is 14.5 Å². The predicted molar refractivity (Wildman–Crippen MR) is 110 cm³/mol. The number of aromatic nitrogens is 1. The Bertz CT molecular complexity index is 1220. The third-order valence-corrected chi connectivity index (χ3v) is 6.56. The quantitative estimate of drug-likeness (QED) is 0.776. The zero-order valence-electron chi connectivity index (χ0n) is 15.7. The number of aromatic carboxylic acids is 1. The number of anilines is 1. The van der Waals surface area contributed by atoms with E-state index in [0.717, 1.165) is 12.3 Å². The van der Waals surface area contributed by atoms with E-state index in [-0.39, 0.29) is 34.0 Å². The van der Waals surface area contributed by atoms with Crippen molar-refractivity contribution in [3.05, 3.63) is 63.2 Å². The Hall–Kier alpha value is -2.71. The van der Waals surface area contributed by atoms with Crippen LogP contribution < -0.4 is 16.1 Å². The lowest BCUT2D eigenvalue weighted by atomic mass is 9.85. The number of carboxylic acid groups (broad SMARTS) is 1. The van der Waals surface area contributed by atoms with E-state index in [0.29, 0.717) is 13.1 Å². The van der Waals surface area contributed by atoms with Crippen LogP contribution in [0, 0.1) is 11.7 Å². The van der Waals surface area contributed by atoms with Gasteiger partial charge in [-0.05, 0) is 6.07 Å². The number of carbonyl (C=O) groups is 1. The number of hydrogen-bond donors (Lipinski definition) is 2. The molecule has 3 N–H and O–H groups in total. The van der Waals surface area contributed by atoms with Crippen molar-refractivity contribution in [2.75, 3.05) is 18.0 Å². The average molecular weight is 434 g/mol. The number of halogens is 3. The molecule has 6 nitrogen and oxygen atoms in total. The van der Waals surface area contributed by atoms with Crippen LogP contribution in [0.3, 0.4) is 0 Å². The van der Waals surface area contributed by atoms with Gasteiger partial charge in [0.25, 0.3) is 0 Å². The maximum absolute atomic E-state index is 15.2. The molecule has 9 heteroatoms. The third kappa shape index (κ3) is 2.70. The zero-order chi connectivity index (χ0) is 21.4. The number of rotatable bonds is 3. The van der Waals surface area contributed by atoms with Gasteiger partial charge in [0.05, 0.1) is 33.2 Å². The first-order valence-corrected chi connectivity index (χ1v) is 9.93. The highest BCUT2D eigenvalue weighted by atomic mass is 35.5. The Labute approximate surface area is 174 Å². The second-order valence-corrected chi connectivity index (χ2v) is 8.54. The van der Waals surface area contributed by atoms with E-state index >= 15 is 4.39 Å². The molecular weight excluding hydrogens is 416 g/mol. The van der Waals surface area contributed by atoms with Gasteiger partial charge >= 0.3 is 5.97 Å². The fourth-order valence-corrected chi connectivity index (χ4v) is 4.92. The summed E-state index contributed by atoms with van der Waals surface area (Å²) in [6, 6.07) is 0.351. The second-order valence-electron chi connectivity index (χ2n) is 8.16. The summed E-state index contributed by atoms with van der Waals surface area (Å²) < 4.78 is 30.4. The van der Waals surface area contributed by atoms with E-state index < -0.39 is 40.5 Å². The summed E-state index contributed by atoms with van der Waals surface area (Å²) in [5.74, 6) is -2.25. The van der Waals surface area contributed by atoms with E-state index in [1.807, 2.05) is 24.3 Å². The van der Waals surface area contributed by atoms with Gasteiger partial charge in [-0.15, -0.1) is 0 Å². The van der Waals surface area contributed by atoms with Gasteiger partial charge in [0.1, 0.15) is 17.6 Å². The molecule has 4 atom stereocenters. The number of hydrogen-bond acceptors (Lipinski definition) is 4. The first kappa shape index (κ1) is 19.3. The Morgan fingerprint density at radius 3 is 2.73 bits per heavy atom. The van der Waals surface area contributed by atoms with Crippen molar-refractivity contribution in [1.29, 1.82) is 0 Å². The van der Waals surface area contributed by atoms with Gasteiger partial charge in [0.15, 0.2) is 0 Å². The Morgan fingerprint density at radius 2 is 2.10 bits per heavy atom. The number of fused-ring (bicyclic) bond motifs is 2. The van der Waals surface area contributed by atoms with Gasteiger partial charge in [-0.1, -0.05) is 35.9 Å². The second kappa shape index (κ2) is 6.39. The van der Waals surface area contributed by atoms with Crippen molar-refractivity contribution < 1.29 is 18.7 Å². The van der Waals surface area contributed by atoms with Crippen molar-refractivity contribution in [3.63, 3.8) is 0 Å². The standard InChI is InChI=1S/C21H18ClF2N3O3/c22-16-17-11(19(28)12(20(29)30)8-27(17)15-6-13(15)23)5-14(24)18(16)26-7-10-3-1-2-4-21(10,25)9-26/h1-5,8,10,13,15H,6-7,9,25H2,(H,29,30)/t10?,13-,15+,21+/m0/s1. The van der Waals surface area contributed by atoms with Crippen LogP contribution in [0.5, 0.6) is 0 Å². The van der Waals surface area contributed by atoms with Gasteiger partial charge in [-0.3, -0.25) is 4.79 Å². The largest absolute Gasteiger partial charge is 0.477 e. The lowest BCUT2D eigenvalue weighted by Crippen LogP contribution is -2.46. The lowest BCUT2D eigenvalue weighted by molar-refractivity contribution is 0.0694. The topological polar surface area (TPSA) is 88.6 Å². The fraction of sp³-hybridized carbons (Fsp3) is 0.333. The maximum atomic E-state index is 15.2. The van der Waals surface area contributed by atoms with Crippen LogP contribution in [0.25, 0.3) is 10.9 Å². The van der Waals surface area contributed by atoms with Crippen molar-refractivity contribution in [2.24, 2.45) is 11.7 Å². The Balaban J connectivity index is 1.73. The van der Waals surface area contributed by atoms with Crippen molar-refractivity contribution in [1.82, 2.24) is 4.57 Å². The summed E-state index contributed by atoms with van der Waals surface area (Å²) in [4.78, 5) is 25.9. The molecule has 30 heavy (non-hydrogen) atoms. The van der Waals surface area contributed by atoms with Crippen molar-refractivity contribution in [2.45, 2.75) is 24.2 Å². The fourth-order valence-electron chi connectivity index (χ4n) is 4.51. The van der Waals surface area contributed by atoms with E-state index in [1.165, 1.54) is 4.57 Å². The summed E-state index contributed by atoms with van der Waals surface area (Å²) in [6.07, 6.45) is 7.66. The molecule has 0 radical (unpaired) electrons. The predicted octanol–water partition coefficient (Wildman–Crippen LogP) is 3.03. The molecule has 156 valence electrons. The molecule has 1 saturated heterocycles. The molecule has 0 spiro atoms. The SMILES string of the molecule is N[C@@]12C=CC=CC1CN(c1c(F)cc3c(=O)c(C(=O)O)cn([C@@H]4C[C@@H]4F)c3c1Cl)C2. The third-order valence-electron chi connectivity index (χ3n) is 6.20. The first-order valence-electron chi connectivity index (χ1n) is 9.55. The van der Waals surface area contributed by atoms with Gasteiger partial charge in [-0.25, -0.2) is 13.6 Å². The molecule has 1 unspecified atom stereocenters. The lowest BCUT2D eigenvalue weighted by Gasteiger charge is -2.27. The highest BCUT2D eigenvalue weighted by Crippen LogP contribution is 2.45. The zero-order valence-corrected chi connectivity index (χ0v) is 16.4. The molecule has 1 aliphatic heterocycles. The van der Waals surface area contributed by atoms with Gasteiger partial charge in [0, 0.05) is 31.6 Å². The number of pyridine rings is 1. The number of benzene rings is 1. The minimum absolute atomic E-state index is 0.0381. The number of allylic oxidation sites excluding steroid dienone is 2. The number of nitrogens with zero attached hydrogens (tertiary/aromatic N) is 2. The molecule has 0 bridgehead atoms. The molecule has 0 amide bonds. The van der Waals surface area contributed by atoms with Crippen LogP contribution in [0.2, 0.25) is 5.02 Å². The molecule has 1 aromatic carbocycles. The van der Waals surface area contributed by atoms with E-state index in [9.17, 15) is 19.1 Å². The summed E-state index contributed by atoms with van der Waals surface area (Å²) >= 11 is 6.61. The summed E-state index contributed by atoms with van der Waals surface area (Å²) in [5, 5.41) is 9.13.